The third-order valence-corrected chi connectivity index (χ3v) is 3.42. The molecule has 0 bridgehead atoms. The molecular weight excluding hydrogens is 224 g/mol. The molecule has 1 N–H and O–H groups in total. The minimum absolute atomic E-state index is 0.258. The van der Waals surface area contributed by atoms with E-state index in [1.807, 2.05) is 11.0 Å². The van der Waals surface area contributed by atoms with Crippen molar-refractivity contribution in [3.63, 3.8) is 0 Å². The number of nitrogens with zero attached hydrogens (tertiary/aromatic N) is 1. The number of likely N-dealkylation sites (tertiary alicyclic amines) is 1. The van der Waals surface area contributed by atoms with Gasteiger partial charge in [-0.25, -0.2) is 0 Å². The van der Waals surface area contributed by atoms with E-state index >= 15 is 0 Å². The van der Waals surface area contributed by atoms with E-state index in [2.05, 4.69) is 36.5 Å². The molecule has 1 aromatic carbocycles. The van der Waals surface area contributed by atoms with Gasteiger partial charge >= 0.3 is 0 Å². The summed E-state index contributed by atoms with van der Waals surface area (Å²) in [4.78, 5) is 13.7. The highest BCUT2D eigenvalue weighted by molar-refractivity contribution is 5.78. The average Bonchev–Trinajstić information content (AvgIpc) is 2.81. The minimum Gasteiger partial charge on any atom is -0.341 e. The van der Waals surface area contributed by atoms with E-state index < -0.39 is 0 Å². The van der Waals surface area contributed by atoms with Crippen molar-refractivity contribution in [2.45, 2.75) is 32.2 Å². The van der Waals surface area contributed by atoms with Crippen LogP contribution in [-0.4, -0.2) is 30.4 Å². The van der Waals surface area contributed by atoms with E-state index in [4.69, 9.17) is 0 Å². The van der Waals surface area contributed by atoms with Crippen LogP contribution in [0.25, 0.3) is 0 Å². The Morgan fingerprint density at radius 2 is 2.11 bits per heavy atom. The van der Waals surface area contributed by atoms with Crippen molar-refractivity contribution in [2.24, 2.45) is 0 Å². The van der Waals surface area contributed by atoms with Gasteiger partial charge in [0.05, 0.1) is 0 Å². The smallest absolute Gasteiger partial charge is 0.222 e. The largest absolute Gasteiger partial charge is 0.341 e. The number of amides is 1. The standard InChI is InChI=1S/C15H22N2O/c1-2-10-16-14(13-7-4-3-5-8-13)12-17-11-6-9-15(17)18/h3-5,7-8,14,16H,2,6,9-12H2,1H3. The summed E-state index contributed by atoms with van der Waals surface area (Å²) in [5, 5.41) is 3.54. The van der Waals surface area contributed by atoms with Crippen LogP contribution < -0.4 is 5.32 Å². The summed E-state index contributed by atoms with van der Waals surface area (Å²) in [5.74, 6) is 0.300. The summed E-state index contributed by atoms with van der Waals surface area (Å²) in [6.07, 6.45) is 2.83. The van der Waals surface area contributed by atoms with Crippen molar-refractivity contribution >= 4 is 5.91 Å². The predicted molar refractivity (Wildman–Crippen MR) is 73.3 cm³/mol. The number of hydrogen-bond donors (Lipinski definition) is 1. The van der Waals surface area contributed by atoms with Gasteiger partial charge in [0.25, 0.3) is 0 Å². The van der Waals surface area contributed by atoms with Crippen LogP contribution in [0.2, 0.25) is 0 Å². The van der Waals surface area contributed by atoms with E-state index in [9.17, 15) is 4.79 Å². The van der Waals surface area contributed by atoms with Crippen LogP contribution in [0.3, 0.4) is 0 Å². The second-order valence-corrected chi connectivity index (χ2v) is 4.86. The molecule has 0 radical (unpaired) electrons. The third-order valence-electron chi connectivity index (χ3n) is 3.42. The topological polar surface area (TPSA) is 32.3 Å². The lowest BCUT2D eigenvalue weighted by molar-refractivity contribution is -0.128. The first kappa shape index (κ1) is 13.1. The van der Waals surface area contributed by atoms with E-state index in [1.54, 1.807) is 0 Å². The lowest BCUT2D eigenvalue weighted by atomic mass is 10.1. The van der Waals surface area contributed by atoms with Gasteiger partial charge in [-0.2, -0.15) is 0 Å². The van der Waals surface area contributed by atoms with Gasteiger partial charge in [-0.3, -0.25) is 4.79 Å². The van der Waals surface area contributed by atoms with Gasteiger partial charge in [0.1, 0.15) is 0 Å². The Kier molecular flexibility index (Phi) is 4.76. The van der Waals surface area contributed by atoms with E-state index in [0.717, 1.165) is 38.9 Å². The molecule has 98 valence electrons. The van der Waals surface area contributed by atoms with Crippen LogP contribution in [0.5, 0.6) is 0 Å². The number of hydrogen-bond acceptors (Lipinski definition) is 2. The molecule has 1 amide bonds. The first-order chi connectivity index (χ1) is 8.81. The highest BCUT2D eigenvalue weighted by Gasteiger charge is 2.23. The summed E-state index contributed by atoms with van der Waals surface area (Å²) in [5.41, 5.74) is 1.27. The molecule has 1 heterocycles. The fraction of sp³-hybridized carbons (Fsp3) is 0.533. The zero-order chi connectivity index (χ0) is 12.8. The van der Waals surface area contributed by atoms with Gasteiger partial charge < -0.3 is 10.2 Å². The van der Waals surface area contributed by atoms with Crippen LogP contribution in [0.15, 0.2) is 30.3 Å². The zero-order valence-corrected chi connectivity index (χ0v) is 11.1. The second kappa shape index (κ2) is 6.55. The van der Waals surface area contributed by atoms with Crippen molar-refractivity contribution < 1.29 is 4.79 Å². The Hall–Kier alpha value is -1.35. The predicted octanol–water partition coefficient (Wildman–Crippen LogP) is 2.35. The first-order valence-corrected chi connectivity index (χ1v) is 6.87. The maximum Gasteiger partial charge on any atom is 0.222 e. The summed E-state index contributed by atoms with van der Waals surface area (Å²) in [6, 6.07) is 10.7. The molecule has 3 heteroatoms. The number of nitrogens with one attached hydrogen (secondary N) is 1. The molecule has 1 aliphatic rings. The highest BCUT2D eigenvalue weighted by atomic mass is 16.2. The molecule has 1 fully saturated rings. The molecule has 3 nitrogen and oxygen atoms in total. The molecule has 1 unspecified atom stereocenters. The molecule has 1 aliphatic heterocycles. The molecule has 18 heavy (non-hydrogen) atoms. The minimum atomic E-state index is 0.258. The molecule has 2 rings (SSSR count). The Bertz CT molecular complexity index is 377. The lowest BCUT2D eigenvalue weighted by Crippen LogP contribution is -2.36. The first-order valence-electron chi connectivity index (χ1n) is 6.87. The number of carbonyl (C=O) groups excluding carboxylic acids is 1. The van der Waals surface area contributed by atoms with Crippen LogP contribution in [0, 0.1) is 0 Å². The molecule has 1 atom stereocenters. The van der Waals surface area contributed by atoms with Crippen molar-refractivity contribution in [3.05, 3.63) is 35.9 Å². The molecule has 0 aromatic heterocycles. The van der Waals surface area contributed by atoms with Gasteiger partial charge in [0.2, 0.25) is 5.91 Å². The molecular formula is C15H22N2O. The van der Waals surface area contributed by atoms with E-state index in [-0.39, 0.29) is 6.04 Å². The number of carbonyl (C=O) groups is 1. The highest BCUT2D eigenvalue weighted by Crippen LogP contribution is 2.18. The maximum atomic E-state index is 11.7. The second-order valence-electron chi connectivity index (χ2n) is 4.86. The van der Waals surface area contributed by atoms with Crippen LogP contribution >= 0.6 is 0 Å². The fourth-order valence-electron chi connectivity index (χ4n) is 2.41. The molecule has 0 spiro atoms. The SMILES string of the molecule is CCCNC(CN1CCCC1=O)c1ccccc1. The third kappa shape index (κ3) is 3.33. The molecule has 1 saturated heterocycles. The zero-order valence-electron chi connectivity index (χ0n) is 11.1. The van der Waals surface area contributed by atoms with Crippen molar-refractivity contribution in [2.75, 3.05) is 19.6 Å². The maximum absolute atomic E-state index is 11.7. The quantitative estimate of drug-likeness (QED) is 0.835. The Balaban J connectivity index is 2.03. The van der Waals surface area contributed by atoms with Gasteiger partial charge in [-0.05, 0) is 24.9 Å². The summed E-state index contributed by atoms with van der Waals surface area (Å²) in [7, 11) is 0. The number of rotatable bonds is 6. The van der Waals surface area contributed by atoms with Crippen LogP contribution in [0.1, 0.15) is 37.8 Å². The van der Waals surface area contributed by atoms with E-state index in [1.165, 1.54) is 5.56 Å². The molecule has 0 saturated carbocycles. The van der Waals surface area contributed by atoms with Crippen LogP contribution in [0.4, 0.5) is 0 Å². The van der Waals surface area contributed by atoms with Gasteiger partial charge in [0, 0.05) is 25.6 Å². The molecule has 0 aliphatic carbocycles. The summed E-state index contributed by atoms with van der Waals surface area (Å²) >= 11 is 0. The summed E-state index contributed by atoms with van der Waals surface area (Å²) < 4.78 is 0. The van der Waals surface area contributed by atoms with Crippen LogP contribution in [-0.2, 0) is 4.79 Å². The Labute approximate surface area is 109 Å². The van der Waals surface area contributed by atoms with Crippen molar-refractivity contribution in [1.82, 2.24) is 10.2 Å². The van der Waals surface area contributed by atoms with E-state index in [0.29, 0.717) is 5.91 Å². The Morgan fingerprint density at radius 1 is 1.33 bits per heavy atom. The van der Waals surface area contributed by atoms with Gasteiger partial charge in [0.15, 0.2) is 0 Å². The molecule has 1 aromatic rings. The van der Waals surface area contributed by atoms with Gasteiger partial charge in [-0.1, -0.05) is 37.3 Å². The Morgan fingerprint density at radius 3 is 2.72 bits per heavy atom. The van der Waals surface area contributed by atoms with Gasteiger partial charge in [-0.15, -0.1) is 0 Å². The average molecular weight is 246 g/mol. The number of benzene rings is 1. The lowest BCUT2D eigenvalue weighted by Gasteiger charge is -2.25. The fourth-order valence-corrected chi connectivity index (χ4v) is 2.41. The normalized spacial score (nSPS) is 17.2. The summed E-state index contributed by atoms with van der Waals surface area (Å²) in [6.45, 7) is 4.86. The van der Waals surface area contributed by atoms with Crippen molar-refractivity contribution in [3.8, 4) is 0 Å². The van der Waals surface area contributed by atoms with Crippen molar-refractivity contribution in [1.29, 1.82) is 0 Å². The monoisotopic (exact) mass is 246 g/mol.